The lowest BCUT2D eigenvalue weighted by molar-refractivity contribution is 0.145. The molecule has 0 spiro atoms. The summed E-state index contributed by atoms with van der Waals surface area (Å²) >= 11 is 0. The van der Waals surface area contributed by atoms with Gasteiger partial charge in [0, 0.05) is 6.04 Å². The van der Waals surface area contributed by atoms with Crippen molar-refractivity contribution in [3.05, 3.63) is 59.7 Å². The normalized spacial score (nSPS) is 26.3. The van der Waals surface area contributed by atoms with Crippen LogP contribution in [-0.4, -0.2) is 12.1 Å². The maximum absolute atomic E-state index is 6.20. The molecule has 1 aliphatic heterocycles. The molecule has 0 bridgehead atoms. The lowest BCUT2D eigenvalue weighted by Crippen LogP contribution is -2.31. The van der Waals surface area contributed by atoms with E-state index in [0.717, 1.165) is 50.0 Å². The van der Waals surface area contributed by atoms with Crippen molar-refractivity contribution < 1.29 is 9.47 Å². The topological polar surface area (TPSA) is 44.5 Å². The summed E-state index contributed by atoms with van der Waals surface area (Å²) in [5.41, 5.74) is 8.48. The van der Waals surface area contributed by atoms with Crippen molar-refractivity contribution in [1.29, 1.82) is 0 Å². The predicted octanol–water partition coefficient (Wildman–Crippen LogP) is 4.40. The van der Waals surface area contributed by atoms with Crippen molar-refractivity contribution in [1.82, 2.24) is 0 Å². The van der Waals surface area contributed by atoms with Crippen LogP contribution in [0.25, 0.3) is 0 Å². The van der Waals surface area contributed by atoms with Crippen molar-refractivity contribution >= 4 is 0 Å². The molecule has 0 amide bonds. The number of hydrogen-bond donors (Lipinski definition) is 1. The highest BCUT2D eigenvalue weighted by atomic mass is 16.5. The summed E-state index contributed by atoms with van der Waals surface area (Å²) in [6, 6.07) is 17.1. The molecule has 2 aromatic carbocycles. The first-order valence-electron chi connectivity index (χ1n) is 9.05. The number of hydrogen-bond acceptors (Lipinski definition) is 3. The van der Waals surface area contributed by atoms with E-state index in [2.05, 4.69) is 36.4 Å². The highest BCUT2D eigenvalue weighted by Gasteiger charge is 2.23. The van der Waals surface area contributed by atoms with Gasteiger partial charge in [-0.25, -0.2) is 0 Å². The molecule has 2 N–H and O–H groups in total. The Morgan fingerprint density at radius 1 is 0.917 bits per heavy atom. The monoisotopic (exact) mass is 323 g/mol. The summed E-state index contributed by atoms with van der Waals surface area (Å²) in [6.45, 7) is 0. The van der Waals surface area contributed by atoms with E-state index in [1.807, 2.05) is 12.1 Å². The molecule has 1 aliphatic carbocycles. The van der Waals surface area contributed by atoms with E-state index in [9.17, 15) is 0 Å². The minimum Gasteiger partial charge on any atom is -0.490 e. The molecule has 0 unspecified atom stereocenters. The molecular weight excluding hydrogens is 298 g/mol. The quantitative estimate of drug-likeness (QED) is 0.910. The molecule has 3 nitrogen and oxygen atoms in total. The van der Waals surface area contributed by atoms with Gasteiger partial charge in [0.15, 0.2) is 0 Å². The van der Waals surface area contributed by atoms with Gasteiger partial charge in [-0.2, -0.15) is 0 Å². The van der Waals surface area contributed by atoms with Crippen LogP contribution in [0.2, 0.25) is 0 Å². The number of ether oxygens (including phenoxy) is 2. The molecule has 2 aliphatic rings. The molecule has 1 atom stereocenters. The van der Waals surface area contributed by atoms with E-state index in [1.165, 1.54) is 11.1 Å². The molecule has 4 rings (SSSR count). The largest absolute Gasteiger partial charge is 0.490 e. The lowest BCUT2D eigenvalue weighted by atomic mass is 9.93. The number of benzene rings is 2. The van der Waals surface area contributed by atoms with Crippen LogP contribution in [0.5, 0.6) is 11.5 Å². The predicted molar refractivity (Wildman–Crippen MR) is 95.4 cm³/mol. The number of nitrogens with two attached hydrogens (primary N) is 1. The third kappa shape index (κ3) is 3.41. The zero-order chi connectivity index (χ0) is 16.4. The SMILES string of the molecule is NC1CCC(Oc2ccc3c(c2)CC[C@H](c2ccccc2)O3)CC1. The van der Waals surface area contributed by atoms with Crippen LogP contribution in [0.4, 0.5) is 0 Å². The van der Waals surface area contributed by atoms with Gasteiger partial charge in [-0.05, 0) is 67.9 Å². The average Bonchev–Trinajstić information content (AvgIpc) is 2.64. The second kappa shape index (κ2) is 6.86. The summed E-state index contributed by atoms with van der Waals surface area (Å²) in [7, 11) is 0. The van der Waals surface area contributed by atoms with E-state index in [1.54, 1.807) is 0 Å². The molecule has 1 fully saturated rings. The van der Waals surface area contributed by atoms with Gasteiger partial charge in [-0.15, -0.1) is 0 Å². The Bertz CT molecular complexity index is 677. The Morgan fingerprint density at radius 2 is 1.71 bits per heavy atom. The maximum atomic E-state index is 6.20. The molecule has 3 heteroatoms. The van der Waals surface area contributed by atoms with Crippen molar-refractivity contribution in [3.63, 3.8) is 0 Å². The van der Waals surface area contributed by atoms with Gasteiger partial charge < -0.3 is 15.2 Å². The Balaban J connectivity index is 1.43. The second-order valence-electron chi connectivity index (χ2n) is 6.98. The van der Waals surface area contributed by atoms with Gasteiger partial charge in [-0.1, -0.05) is 30.3 Å². The molecule has 126 valence electrons. The fourth-order valence-corrected chi connectivity index (χ4v) is 3.74. The lowest BCUT2D eigenvalue weighted by Gasteiger charge is -2.29. The van der Waals surface area contributed by atoms with Gasteiger partial charge in [0.2, 0.25) is 0 Å². The fourth-order valence-electron chi connectivity index (χ4n) is 3.74. The minimum atomic E-state index is 0.158. The van der Waals surface area contributed by atoms with Crippen molar-refractivity contribution in [2.75, 3.05) is 0 Å². The van der Waals surface area contributed by atoms with Gasteiger partial charge in [0.05, 0.1) is 6.10 Å². The van der Waals surface area contributed by atoms with Crippen molar-refractivity contribution in [2.45, 2.75) is 56.8 Å². The first-order chi connectivity index (χ1) is 11.8. The van der Waals surface area contributed by atoms with Crippen molar-refractivity contribution in [3.8, 4) is 11.5 Å². The summed E-state index contributed by atoms with van der Waals surface area (Å²) in [5, 5.41) is 0. The average molecular weight is 323 g/mol. The smallest absolute Gasteiger partial charge is 0.124 e. The Labute approximate surface area is 143 Å². The van der Waals surface area contributed by atoms with E-state index in [4.69, 9.17) is 15.2 Å². The highest BCUT2D eigenvalue weighted by Crippen LogP contribution is 2.37. The Kier molecular flexibility index (Phi) is 4.44. The minimum absolute atomic E-state index is 0.158. The summed E-state index contributed by atoms with van der Waals surface area (Å²) < 4.78 is 12.4. The van der Waals surface area contributed by atoms with E-state index in [-0.39, 0.29) is 6.10 Å². The van der Waals surface area contributed by atoms with E-state index >= 15 is 0 Å². The molecule has 2 aromatic rings. The van der Waals surface area contributed by atoms with E-state index in [0.29, 0.717) is 12.1 Å². The second-order valence-corrected chi connectivity index (χ2v) is 6.98. The molecule has 1 heterocycles. The van der Waals surface area contributed by atoms with Crippen molar-refractivity contribution in [2.24, 2.45) is 5.73 Å². The third-order valence-corrected chi connectivity index (χ3v) is 5.17. The number of fused-ring (bicyclic) bond motifs is 1. The Morgan fingerprint density at radius 3 is 2.50 bits per heavy atom. The summed E-state index contributed by atoms with van der Waals surface area (Å²) in [5.74, 6) is 1.96. The molecule has 1 saturated carbocycles. The molecule has 0 radical (unpaired) electrons. The zero-order valence-electron chi connectivity index (χ0n) is 14.0. The van der Waals surface area contributed by atoms with Gasteiger partial charge in [0.1, 0.15) is 17.6 Å². The molecular formula is C21H25NO2. The fraction of sp³-hybridized carbons (Fsp3) is 0.429. The maximum Gasteiger partial charge on any atom is 0.124 e. The first-order valence-corrected chi connectivity index (χ1v) is 9.05. The standard InChI is InChI=1S/C21H25NO2/c22-17-7-9-18(10-8-17)23-19-11-13-21-16(14-19)6-12-20(24-21)15-4-2-1-3-5-15/h1-5,11,13-14,17-18,20H,6-10,12,22H2/t17?,18?,20-/m1/s1. The first kappa shape index (κ1) is 15.5. The number of aryl methyl sites for hydroxylation is 1. The molecule has 24 heavy (non-hydrogen) atoms. The number of rotatable bonds is 3. The van der Waals surface area contributed by atoms with Crippen LogP contribution < -0.4 is 15.2 Å². The highest BCUT2D eigenvalue weighted by molar-refractivity contribution is 5.42. The van der Waals surface area contributed by atoms with Crippen LogP contribution >= 0.6 is 0 Å². The van der Waals surface area contributed by atoms with Gasteiger partial charge in [0.25, 0.3) is 0 Å². The van der Waals surface area contributed by atoms with Crippen LogP contribution in [0.15, 0.2) is 48.5 Å². The zero-order valence-corrected chi connectivity index (χ0v) is 14.0. The van der Waals surface area contributed by atoms with E-state index < -0.39 is 0 Å². The summed E-state index contributed by atoms with van der Waals surface area (Å²) in [4.78, 5) is 0. The molecule has 0 saturated heterocycles. The molecule has 0 aromatic heterocycles. The van der Waals surface area contributed by atoms with Gasteiger partial charge >= 0.3 is 0 Å². The van der Waals surface area contributed by atoms with Crippen LogP contribution in [-0.2, 0) is 6.42 Å². The summed E-state index contributed by atoms with van der Waals surface area (Å²) in [6.07, 6.45) is 6.76. The third-order valence-electron chi connectivity index (χ3n) is 5.17. The van der Waals surface area contributed by atoms with Crippen LogP contribution in [0, 0.1) is 0 Å². The van der Waals surface area contributed by atoms with Crippen LogP contribution in [0.3, 0.4) is 0 Å². The van der Waals surface area contributed by atoms with Gasteiger partial charge in [-0.3, -0.25) is 0 Å². The van der Waals surface area contributed by atoms with Crippen LogP contribution in [0.1, 0.15) is 49.3 Å². The Hall–Kier alpha value is -2.00.